The van der Waals surface area contributed by atoms with Gasteiger partial charge in [-0.05, 0) is 30.9 Å². The van der Waals surface area contributed by atoms with Gasteiger partial charge in [0.2, 0.25) is 0 Å². The molecule has 0 unspecified atom stereocenters. The molecule has 1 aromatic carbocycles. The van der Waals surface area contributed by atoms with Gasteiger partial charge in [0, 0.05) is 38.8 Å². The van der Waals surface area contributed by atoms with E-state index >= 15 is 0 Å². The van der Waals surface area contributed by atoms with Crippen LogP contribution in [0.3, 0.4) is 0 Å². The molecule has 0 spiro atoms. The van der Waals surface area contributed by atoms with E-state index in [1.54, 1.807) is 36.2 Å². The number of hydrogen-bond acceptors (Lipinski definition) is 5. The number of rotatable bonds is 3. The normalized spacial score (nSPS) is 18.5. The Labute approximate surface area is 163 Å². The number of hydrogen-bond donors (Lipinski definition) is 0. The highest BCUT2D eigenvalue weighted by Crippen LogP contribution is 2.21. The highest BCUT2D eigenvalue weighted by atomic mass is 16.5. The Hall–Kier alpha value is -2.61. The van der Waals surface area contributed by atoms with Crippen LogP contribution in [0.2, 0.25) is 0 Å². The second-order valence-electron chi connectivity index (χ2n) is 7.40. The van der Waals surface area contributed by atoms with Crippen LogP contribution in [0.4, 0.5) is 4.79 Å². The minimum absolute atomic E-state index is 0.0283. The van der Waals surface area contributed by atoms with E-state index in [9.17, 15) is 9.59 Å². The molecule has 150 valence electrons. The van der Waals surface area contributed by atoms with Crippen LogP contribution in [-0.4, -0.2) is 71.9 Å². The topological polar surface area (TPSA) is 76.9 Å². The molecule has 2 saturated heterocycles. The lowest BCUT2D eigenvalue weighted by Crippen LogP contribution is -2.50. The lowest BCUT2D eigenvalue weighted by Gasteiger charge is -2.37. The zero-order chi connectivity index (χ0) is 19.5. The molecule has 0 aliphatic carbocycles. The first kappa shape index (κ1) is 18.7. The van der Waals surface area contributed by atoms with Crippen molar-refractivity contribution >= 4 is 16.9 Å². The van der Waals surface area contributed by atoms with Crippen LogP contribution in [0.1, 0.15) is 12.8 Å². The Balaban J connectivity index is 1.39. The van der Waals surface area contributed by atoms with Gasteiger partial charge in [-0.1, -0.05) is 0 Å². The summed E-state index contributed by atoms with van der Waals surface area (Å²) in [5.74, 6) is 1.05. The van der Waals surface area contributed by atoms with Gasteiger partial charge in [0.05, 0.1) is 37.6 Å². The first-order valence-electron chi connectivity index (χ1n) is 9.80. The fourth-order valence-electron chi connectivity index (χ4n) is 3.93. The van der Waals surface area contributed by atoms with Gasteiger partial charge in [-0.2, -0.15) is 0 Å². The van der Waals surface area contributed by atoms with Crippen LogP contribution < -0.4 is 10.3 Å². The number of amides is 2. The van der Waals surface area contributed by atoms with Gasteiger partial charge in [-0.15, -0.1) is 0 Å². The standard InChI is InChI=1S/C20H26N4O4/c1-27-16-2-3-17-18(12-16)21-14-24(19(17)25)13-15-4-6-22(7-5-15)20(26)23-8-10-28-11-9-23/h2-3,12,14-15H,4-11,13H2,1H3. The molecule has 2 aliphatic rings. The average Bonchev–Trinajstić information content (AvgIpc) is 2.76. The number of methoxy groups -OCH3 is 1. The highest BCUT2D eigenvalue weighted by Gasteiger charge is 2.27. The van der Waals surface area contributed by atoms with Gasteiger partial charge in [0.1, 0.15) is 5.75 Å². The minimum Gasteiger partial charge on any atom is -0.497 e. The summed E-state index contributed by atoms with van der Waals surface area (Å²) in [7, 11) is 1.60. The quantitative estimate of drug-likeness (QED) is 0.800. The van der Waals surface area contributed by atoms with E-state index in [1.165, 1.54) is 0 Å². The molecule has 2 aliphatic heterocycles. The molecule has 0 atom stereocenters. The lowest BCUT2D eigenvalue weighted by atomic mass is 9.97. The average molecular weight is 386 g/mol. The van der Waals surface area contributed by atoms with Gasteiger partial charge in [-0.25, -0.2) is 9.78 Å². The van der Waals surface area contributed by atoms with Crippen molar-refractivity contribution in [3.63, 3.8) is 0 Å². The van der Waals surface area contributed by atoms with Crippen molar-refractivity contribution in [2.75, 3.05) is 46.5 Å². The van der Waals surface area contributed by atoms with Crippen LogP contribution in [0.15, 0.2) is 29.3 Å². The van der Waals surface area contributed by atoms with Crippen molar-refractivity contribution in [3.8, 4) is 5.75 Å². The number of fused-ring (bicyclic) bond motifs is 1. The second-order valence-corrected chi connectivity index (χ2v) is 7.40. The van der Waals surface area contributed by atoms with Gasteiger partial charge in [0.15, 0.2) is 0 Å². The number of nitrogens with zero attached hydrogens (tertiary/aromatic N) is 4. The number of urea groups is 1. The number of likely N-dealkylation sites (tertiary alicyclic amines) is 1. The monoisotopic (exact) mass is 386 g/mol. The third-order valence-electron chi connectivity index (χ3n) is 5.65. The van der Waals surface area contributed by atoms with Crippen LogP contribution >= 0.6 is 0 Å². The van der Waals surface area contributed by atoms with E-state index in [4.69, 9.17) is 9.47 Å². The van der Waals surface area contributed by atoms with Crippen LogP contribution in [0, 0.1) is 5.92 Å². The Morgan fingerprint density at radius 3 is 2.61 bits per heavy atom. The summed E-state index contributed by atoms with van der Waals surface area (Å²) in [5, 5.41) is 0.600. The minimum atomic E-state index is -0.0283. The van der Waals surface area contributed by atoms with E-state index in [2.05, 4.69) is 4.98 Å². The predicted octanol–water partition coefficient (Wildman–Crippen LogP) is 1.57. The van der Waals surface area contributed by atoms with E-state index in [-0.39, 0.29) is 11.6 Å². The highest BCUT2D eigenvalue weighted by molar-refractivity contribution is 5.78. The molecule has 0 saturated carbocycles. The first-order chi connectivity index (χ1) is 13.7. The Morgan fingerprint density at radius 2 is 1.89 bits per heavy atom. The molecule has 3 heterocycles. The number of morpholine rings is 1. The lowest BCUT2D eigenvalue weighted by molar-refractivity contribution is 0.0397. The molecule has 0 N–H and O–H groups in total. The molecule has 28 heavy (non-hydrogen) atoms. The predicted molar refractivity (Wildman–Crippen MR) is 105 cm³/mol. The van der Waals surface area contributed by atoms with Crippen molar-refractivity contribution in [1.29, 1.82) is 0 Å². The van der Waals surface area contributed by atoms with Crippen molar-refractivity contribution in [1.82, 2.24) is 19.4 Å². The zero-order valence-corrected chi connectivity index (χ0v) is 16.2. The Kier molecular flexibility index (Phi) is 5.47. The second kappa shape index (κ2) is 8.18. The molecule has 8 nitrogen and oxygen atoms in total. The summed E-state index contributed by atoms with van der Waals surface area (Å²) in [5.41, 5.74) is 0.617. The van der Waals surface area contributed by atoms with Crippen LogP contribution in [-0.2, 0) is 11.3 Å². The smallest absolute Gasteiger partial charge is 0.320 e. The number of carbonyl (C=O) groups is 1. The number of aromatic nitrogens is 2. The molecular formula is C20H26N4O4. The van der Waals surface area contributed by atoms with E-state index in [0.29, 0.717) is 55.4 Å². The van der Waals surface area contributed by atoms with Crippen molar-refractivity contribution < 1.29 is 14.3 Å². The third kappa shape index (κ3) is 3.82. The fourth-order valence-corrected chi connectivity index (χ4v) is 3.93. The molecular weight excluding hydrogens is 360 g/mol. The summed E-state index contributed by atoms with van der Waals surface area (Å²) in [6.07, 6.45) is 3.40. The molecule has 4 rings (SSSR count). The van der Waals surface area contributed by atoms with Crippen LogP contribution in [0.25, 0.3) is 10.9 Å². The molecule has 0 bridgehead atoms. The zero-order valence-electron chi connectivity index (χ0n) is 16.2. The molecule has 2 fully saturated rings. The number of benzene rings is 1. The third-order valence-corrected chi connectivity index (χ3v) is 5.65. The molecule has 2 aromatic rings. The largest absolute Gasteiger partial charge is 0.497 e. The maximum absolute atomic E-state index is 12.8. The number of carbonyl (C=O) groups excluding carboxylic acids is 1. The first-order valence-corrected chi connectivity index (χ1v) is 9.80. The van der Waals surface area contributed by atoms with Crippen molar-refractivity contribution in [2.45, 2.75) is 19.4 Å². The SMILES string of the molecule is COc1ccc2c(=O)n(CC3CCN(C(=O)N4CCOCC4)CC3)cnc2c1. The van der Waals surface area contributed by atoms with Gasteiger partial charge in [0.25, 0.3) is 5.56 Å². The molecule has 1 aromatic heterocycles. The maximum atomic E-state index is 12.8. The molecule has 8 heteroatoms. The summed E-state index contributed by atoms with van der Waals surface area (Å²) < 4.78 is 12.2. The van der Waals surface area contributed by atoms with Crippen LogP contribution in [0.5, 0.6) is 5.75 Å². The summed E-state index contributed by atoms with van der Waals surface area (Å²) >= 11 is 0. The van der Waals surface area contributed by atoms with Gasteiger partial charge < -0.3 is 19.3 Å². The van der Waals surface area contributed by atoms with E-state index in [0.717, 1.165) is 25.9 Å². The fraction of sp³-hybridized carbons (Fsp3) is 0.550. The van der Waals surface area contributed by atoms with Gasteiger partial charge >= 0.3 is 6.03 Å². The van der Waals surface area contributed by atoms with Crippen molar-refractivity contribution in [2.24, 2.45) is 5.92 Å². The maximum Gasteiger partial charge on any atom is 0.320 e. The summed E-state index contributed by atoms with van der Waals surface area (Å²) in [6, 6.07) is 5.44. The van der Waals surface area contributed by atoms with E-state index in [1.807, 2.05) is 9.80 Å². The summed E-state index contributed by atoms with van der Waals surface area (Å²) in [6.45, 7) is 4.66. The number of ether oxygens (including phenoxy) is 2. The Morgan fingerprint density at radius 1 is 1.18 bits per heavy atom. The Bertz CT molecular complexity index is 899. The van der Waals surface area contributed by atoms with Crippen molar-refractivity contribution in [3.05, 3.63) is 34.9 Å². The summed E-state index contributed by atoms with van der Waals surface area (Å²) in [4.78, 5) is 33.6. The number of piperidine rings is 1. The van der Waals surface area contributed by atoms with E-state index < -0.39 is 0 Å². The molecule has 2 amide bonds. The molecule has 0 radical (unpaired) electrons. The van der Waals surface area contributed by atoms with Gasteiger partial charge in [-0.3, -0.25) is 9.36 Å².